The van der Waals surface area contributed by atoms with Gasteiger partial charge < -0.3 is 4.52 Å². The number of aromatic nitrogens is 2. The zero-order chi connectivity index (χ0) is 17.0. The number of rotatable bonds is 7. The van der Waals surface area contributed by atoms with Gasteiger partial charge in [-0.05, 0) is 37.3 Å². The average Bonchev–Trinajstić information content (AvgIpc) is 3.18. The second-order valence-corrected chi connectivity index (χ2v) is 8.71. The molecule has 0 amide bonds. The lowest BCUT2D eigenvalue weighted by molar-refractivity contribution is 0.118. The molecule has 0 saturated carbocycles. The van der Waals surface area contributed by atoms with Crippen LogP contribution in [-0.4, -0.2) is 48.8 Å². The van der Waals surface area contributed by atoms with Crippen molar-refractivity contribution in [1.29, 1.82) is 0 Å². The molecule has 1 unspecified atom stereocenters. The van der Waals surface area contributed by atoms with E-state index in [1.807, 2.05) is 16.8 Å². The Labute approximate surface area is 146 Å². The molecule has 0 radical (unpaired) electrons. The minimum absolute atomic E-state index is 0.337. The van der Waals surface area contributed by atoms with Crippen molar-refractivity contribution < 1.29 is 12.9 Å². The Bertz CT molecular complexity index is 743. The zero-order valence-corrected chi connectivity index (χ0v) is 15.3. The van der Waals surface area contributed by atoms with Crippen molar-refractivity contribution in [3.8, 4) is 11.4 Å². The van der Waals surface area contributed by atoms with Crippen LogP contribution in [0.3, 0.4) is 0 Å². The standard InChI is InChI=1S/C15H22N4O3S2/c1-24(20,21)16-7-5-13-4-2-3-8-19(13)10-14-17-15(18-22-14)12-6-9-23-11-12/h6,9,11,13,16H,2-5,7-8,10H2,1H3. The van der Waals surface area contributed by atoms with Crippen LogP contribution >= 0.6 is 11.3 Å². The van der Waals surface area contributed by atoms with Crippen molar-refractivity contribution in [2.24, 2.45) is 0 Å². The van der Waals surface area contributed by atoms with Gasteiger partial charge in [-0.25, -0.2) is 13.1 Å². The molecule has 1 N–H and O–H groups in total. The van der Waals surface area contributed by atoms with E-state index in [1.54, 1.807) is 11.3 Å². The van der Waals surface area contributed by atoms with Gasteiger partial charge in [0.2, 0.25) is 21.7 Å². The summed E-state index contributed by atoms with van der Waals surface area (Å²) in [6, 6.07) is 2.31. The molecule has 0 aliphatic carbocycles. The van der Waals surface area contributed by atoms with Crippen LogP contribution in [0.2, 0.25) is 0 Å². The van der Waals surface area contributed by atoms with Gasteiger partial charge in [0.1, 0.15) is 0 Å². The first kappa shape index (κ1) is 17.5. The first-order valence-corrected chi connectivity index (χ1v) is 10.9. The lowest BCUT2D eigenvalue weighted by atomic mass is 9.99. The second kappa shape index (κ2) is 7.73. The van der Waals surface area contributed by atoms with E-state index in [0.29, 0.717) is 30.8 Å². The number of thiophene rings is 1. The lowest BCUT2D eigenvalue weighted by Gasteiger charge is -2.34. The van der Waals surface area contributed by atoms with Gasteiger partial charge in [0.25, 0.3) is 0 Å². The van der Waals surface area contributed by atoms with E-state index in [0.717, 1.165) is 31.4 Å². The van der Waals surface area contributed by atoms with Crippen molar-refractivity contribution in [2.75, 3.05) is 19.3 Å². The second-order valence-electron chi connectivity index (χ2n) is 6.10. The number of sulfonamides is 1. The molecule has 24 heavy (non-hydrogen) atoms. The highest BCUT2D eigenvalue weighted by atomic mass is 32.2. The van der Waals surface area contributed by atoms with Crippen LogP contribution in [0.15, 0.2) is 21.3 Å². The molecule has 3 rings (SSSR count). The zero-order valence-electron chi connectivity index (χ0n) is 13.6. The predicted molar refractivity (Wildman–Crippen MR) is 93.1 cm³/mol. The van der Waals surface area contributed by atoms with Gasteiger partial charge in [-0.2, -0.15) is 16.3 Å². The minimum atomic E-state index is -3.13. The summed E-state index contributed by atoms with van der Waals surface area (Å²) in [6.07, 6.45) is 5.36. The summed E-state index contributed by atoms with van der Waals surface area (Å²) in [5.41, 5.74) is 0.975. The van der Waals surface area contributed by atoms with Crippen LogP contribution in [0, 0.1) is 0 Å². The molecule has 1 aliphatic rings. The highest BCUT2D eigenvalue weighted by molar-refractivity contribution is 7.88. The van der Waals surface area contributed by atoms with Crippen LogP contribution in [0.4, 0.5) is 0 Å². The molecule has 0 aromatic carbocycles. The molecule has 7 nitrogen and oxygen atoms in total. The molecule has 0 bridgehead atoms. The molecule has 0 spiro atoms. The Morgan fingerprint density at radius 3 is 3.08 bits per heavy atom. The van der Waals surface area contributed by atoms with Crippen molar-refractivity contribution in [2.45, 2.75) is 38.3 Å². The van der Waals surface area contributed by atoms with E-state index in [1.165, 1.54) is 12.7 Å². The Balaban J connectivity index is 1.59. The fourth-order valence-corrected chi connectivity index (χ4v) is 4.13. The van der Waals surface area contributed by atoms with Gasteiger partial charge in [-0.1, -0.05) is 11.6 Å². The van der Waals surface area contributed by atoms with Crippen molar-refractivity contribution in [3.05, 3.63) is 22.7 Å². The quantitative estimate of drug-likeness (QED) is 0.803. The van der Waals surface area contributed by atoms with Gasteiger partial charge in [-0.3, -0.25) is 4.90 Å². The molecule has 3 heterocycles. The third-order valence-corrected chi connectivity index (χ3v) is 5.59. The van der Waals surface area contributed by atoms with Gasteiger partial charge in [0, 0.05) is 23.5 Å². The highest BCUT2D eigenvalue weighted by Gasteiger charge is 2.24. The van der Waals surface area contributed by atoms with Crippen LogP contribution in [0.25, 0.3) is 11.4 Å². The summed E-state index contributed by atoms with van der Waals surface area (Å²) < 4.78 is 30.4. The van der Waals surface area contributed by atoms with Crippen LogP contribution in [-0.2, 0) is 16.6 Å². The Hall–Kier alpha value is -1.29. The fraction of sp³-hybridized carbons (Fsp3) is 0.600. The van der Waals surface area contributed by atoms with Crippen LogP contribution < -0.4 is 4.72 Å². The maximum atomic E-state index is 11.2. The molecule has 1 fully saturated rings. The van der Waals surface area contributed by atoms with Gasteiger partial charge >= 0.3 is 0 Å². The Kier molecular flexibility index (Phi) is 5.65. The number of hydrogen-bond donors (Lipinski definition) is 1. The van der Waals surface area contributed by atoms with E-state index in [9.17, 15) is 8.42 Å². The van der Waals surface area contributed by atoms with E-state index < -0.39 is 10.0 Å². The summed E-state index contributed by atoms with van der Waals surface area (Å²) in [4.78, 5) is 6.79. The number of piperidine rings is 1. The number of nitrogens with zero attached hydrogens (tertiary/aromatic N) is 3. The molecule has 132 valence electrons. The first-order chi connectivity index (χ1) is 11.5. The van der Waals surface area contributed by atoms with Crippen LogP contribution in [0.1, 0.15) is 31.6 Å². The fourth-order valence-electron chi connectivity index (χ4n) is 3.01. The predicted octanol–water partition coefficient (Wildman–Crippen LogP) is 2.09. The monoisotopic (exact) mass is 370 g/mol. The molecule has 9 heteroatoms. The molecule has 1 atom stereocenters. The average molecular weight is 371 g/mol. The number of likely N-dealkylation sites (tertiary alicyclic amines) is 1. The normalized spacial score (nSPS) is 19.6. The van der Waals surface area contributed by atoms with Gasteiger partial charge in [-0.15, -0.1) is 0 Å². The molecular weight excluding hydrogens is 348 g/mol. The third-order valence-electron chi connectivity index (χ3n) is 4.18. The number of hydrogen-bond acceptors (Lipinski definition) is 7. The topological polar surface area (TPSA) is 88.3 Å². The van der Waals surface area contributed by atoms with Gasteiger partial charge in [0.05, 0.1) is 12.8 Å². The van der Waals surface area contributed by atoms with Crippen LogP contribution in [0.5, 0.6) is 0 Å². The van der Waals surface area contributed by atoms with E-state index in [4.69, 9.17) is 4.52 Å². The van der Waals surface area contributed by atoms with Crippen molar-refractivity contribution >= 4 is 21.4 Å². The SMILES string of the molecule is CS(=O)(=O)NCCC1CCCCN1Cc1nc(-c2ccsc2)no1. The Morgan fingerprint density at radius 1 is 1.46 bits per heavy atom. The molecule has 1 aliphatic heterocycles. The molecule has 2 aromatic heterocycles. The summed E-state index contributed by atoms with van der Waals surface area (Å²) >= 11 is 1.60. The van der Waals surface area contributed by atoms with Crippen molar-refractivity contribution in [1.82, 2.24) is 19.8 Å². The number of nitrogens with one attached hydrogen (secondary N) is 1. The summed E-state index contributed by atoms with van der Waals surface area (Å²) in [5, 5.41) is 8.03. The third kappa shape index (κ3) is 4.85. The smallest absolute Gasteiger partial charge is 0.241 e. The van der Waals surface area contributed by atoms with E-state index in [2.05, 4.69) is 19.8 Å². The Morgan fingerprint density at radius 2 is 2.33 bits per heavy atom. The van der Waals surface area contributed by atoms with Gasteiger partial charge in [0.15, 0.2) is 0 Å². The maximum Gasteiger partial charge on any atom is 0.241 e. The maximum absolute atomic E-state index is 11.2. The molecular formula is C15H22N4O3S2. The summed E-state index contributed by atoms with van der Waals surface area (Å²) in [6.45, 7) is 2.05. The lowest BCUT2D eigenvalue weighted by Crippen LogP contribution is -2.41. The van der Waals surface area contributed by atoms with E-state index >= 15 is 0 Å². The highest BCUT2D eigenvalue weighted by Crippen LogP contribution is 2.23. The largest absolute Gasteiger partial charge is 0.338 e. The minimum Gasteiger partial charge on any atom is -0.338 e. The molecule has 2 aromatic rings. The molecule has 1 saturated heterocycles. The van der Waals surface area contributed by atoms with Crippen molar-refractivity contribution in [3.63, 3.8) is 0 Å². The summed E-state index contributed by atoms with van der Waals surface area (Å²) in [7, 11) is -3.13. The first-order valence-electron chi connectivity index (χ1n) is 8.05. The van der Waals surface area contributed by atoms with E-state index in [-0.39, 0.29) is 0 Å². The summed E-state index contributed by atoms with van der Waals surface area (Å²) in [5.74, 6) is 1.23.